The highest BCUT2D eigenvalue weighted by Crippen LogP contribution is 2.42. The van der Waals surface area contributed by atoms with E-state index in [0.717, 1.165) is 35.1 Å². The minimum Gasteiger partial charge on any atom is -0.480 e. The molecule has 0 radical (unpaired) electrons. The summed E-state index contributed by atoms with van der Waals surface area (Å²) >= 11 is 6.42. The summed E-state index contributed by atoms with van der Waals surface area (Å²) in [7, 11) is 1.29. The molecule has 3 aromatic carbocycles. The van der Waals surface area contributed by atoms with Crippen LogP contribution in [0.2, 0.25) is 5.02 Å². The number of nitrogens with two attached hydrogens (primary N) is 1. The summed E-state index contributed by atoms with van der Waals surface area (Å²) in [5.41, 5.74) is 11.6. The van der Waals surface area contributed by atoms with Crippen molar-refractivity contribution in [1.82, 2.24) is 35.8 Å². The van der Waals surface area contributed by atoms with Crippen molar-refractivity contribution < 1.29 is 48.4 Å². The lowest BCUT2D eigenvalue weighted by molar-refractivity contribution is -0.153. The van der Waals surface area contributed by atoms with E-state index in [1.54, 1.807) is 44.2 Å². The Bertz CT molecular complexity index is 2550. The van der Waals surface area contributed by atoms with Gasteiger partial charge in [-0.1, -0.05) is 106 Å². The number of hydrogen-bond acceptors (Lipinski definition) is 14. The molecule has 0 bridgehead atoms. The first kappa shape index (κ1) is 54.3. The van der Waals surface area contributed by atoms with Gasteiger partial charge in [0.15, 0.2) is 0 Å². The molecule has 0 spiro atoms. The van der Waals surface area contributed by atoms with Gasteiger partial charge >= 0.3 is 23.9 Å². The van der Waals surface area contributed by atoms with Crippen molar-refractivity contribution in [3.63, 3.8) is 0 Å². The Morgan fingerprint density at radius 1 is 0.899 bits per heavy atom. The van der Waals surface area contributed by atoms with E-state index in [9.17, 15) is 29.1 Å². The predicted octanol–water partition coefficient (Wildman–Crippen LogP) is 7.21. The molecule has 0 fully saturated rings. The molecule has 1 unspecified atom stereocenters. The summed E-state index contributed by atoms with van der Waals surface area (Å²) in [6.07, 6.45) is 4.82. The maximum Gasteiger partial charge on any atom is 0.337 e. The quantitative estimate of drug-likeness (QED) is 0.0404. The Morgan fingerprint density at radius 2 is 1.59 bits per heavy atom. The zero-order valence-electron chi connectivity index (χ0n) is 39.5. The number of pyridine rings is 1. The van der Waals surface area contributed by atoms with Crippen LogP contribution in [0.15, 0.2) is 120 Å². The molecule has 6 rings (SSSR count). The van der Waals surface area contributed by atoms with Crippen LogP contribution in [0, 0.1) is 5.92 Å². The average molecular weight is 968 g/mol. The number of esters is 2. The first-order valence-electron chi connectivity index (χ1n) is 22.2. The maximum absolute atomic E-state index is 12.9. The largest absolute Gasteiger partial charge is 0.480 e. The summed E-state index contributed by atoms with van der Waals surface area (Å²) in [5.74, 6) is -3.59. The smallest absolute Gasteiger partial charge is 0.337 e. The molecular weight excluding hydrogens is 908 g/mol. The Labute approximate surface area is 405 Å². The van der Waals surface area contributed by atoms with Crippen LogP contribution in [-0.4, -0.2) is 110 Å². The summed E-state index contributed by atoms with van der Waals surface area (Å²) in [6.45, 7) is 10.3. The Hall–Kier alpha value is -7.28. The Morgan fingerprint density at radius 3 is 2.14 bits per heavy atom. The van der Waals surface area contributed by atoms with E-state index in [-0.39, 0.29) is 42.7 Å². The number of aromatic amines is 1. The number of rotatable bonds is 19. The lowest BCUT2D eigenvalue weighted by Gasteiger charge is -2.32. The van der Waals surface area contributed by atoms with Gasteiger partial charge in [-0.05, 0) is 71.9 Å². The highest BCUT2D eigenvalue weighted by molar-refractivity contribution is 6.31. The van der Waals surface area contributed by atoms with Crippen LogP contribution in [0.5, 0.6) is 0 Å². The molecule has 1 aliphatic rings. The van der Waals surface area contributed by atoms with Gasteiger partial charge in [-0.15, -0.1) is 10.2 Å². The van der Waals surface area contributed by atoms with Crippen LogP contribution in [0.4, 0.5) is 0 Å². The fourth-order valence-electron chi connectivity index (χ4n) is 7.39. The number of allylic oxidation sites excluding steroid dienone is 1. The standard InChI is InChI=1S/C24H29N5O3.C20H25ClN2O5.C6H5NO2/c1-4-5-10-21(30)29(22(16(2)3)24(31)32)15-17-11-13-18(14-12-17)19-8-6-7-9-20(19)23-25-27-28-26-23;1-4-28-20(25)18-15(11-27-10-9-22)23-12(2)16(19(24)26-3)17(18)13-7-5-6-8-14(13)21;8-6(9)5-2-1-3-7-4-5/h6-9,11-14,16,22H,4-5,10,15H2,1-3H3,(H,31,32)(H,25,26,27,28);5-8,17,23H,4,9-11,22H2,1-3H3;1-4H,(H,8,9)/t22-;;/m0../s1. The zero-order valence-corrected chi connectivity index (χ0v) is 40.2. The van der Waals surface area contributed by atoms with E-state index < -0.39 is 35.8 Å². The van der Waals surface area contributed by atoms with Crippen LogP contribution in [0.3, 0.4) is 0 Å². The number of carbonyl (C=O) groups excluding carboxylic acids is 3. The molecule has 0 saturated carbocycles. The number of halogens is 1. The number of nitrogens with zero attached hydrogens (tertiary/aromatic N) is 5. The second-order valence-corrected chi connectivity index (χ2v) is 16.1. The number of carboxylic acids is 2. The van der Waals surface area contributed by atoms with Crippen LogP contribution >= 0.6 is 11.6 Å². The number of aromatic carboxylic acids is 1. The first-order valence-corrected chi connectivity index (χ1v) is 22.6. The second-order valence-electron chi connectivity index (χ2n) is 15.7. The third-order valence-corrected chi connectivity index (χ3v) is 10.9. The average Bonchev–Trinajstić information content (AvgIpc) is 3.89. The Balaban J connectivity index is 0.000000256. The van der Waals surface area contributed by atoms with E-state index in [4.69, 9.17) is 36.7 Å². The number of H-pyrrole nitrogens is 1. The highest BCUT2D eigenvalue weighted by atomic mass is 35.5. The minimum atomic E-state index is -0.976. The molecule has 1 aliphatic heterocycles. The molecule has 18 nitrogen and oxygen atoms in total. The van der Waals surface area contributed by atoms with Crippen LogP contribution in [0.25, 0.3) is 22.5 Å². The molecule has 5 aromatic rings. The first-order chi connectivity index (χ1) is 33.2. The number of nitrogens with one attached hydrogen (secondary N) is 2. The van der Waals surface area contributed by atoms with Gasteiger partial charge in [-0.2, -0.15) is 5.21 Å². The summed E-state index contributed by atoms with van der Waals surface area (Å²) in [6, 6.07) is 24.8. The van der Waals surface area contributed by atoms with Gasteiger partial charge in [0, 0.05) is 48.2 Å². The van der Waals surface area contributed by atoms with Crippen molar-refractivity contribution in [2.24, 2.45) is 11.7 Å². The van der Waals surface area contributed by atoms with Crippen molar-refractivity contribution in [2.45, 2.75) is 72.4 Å². The molecular formula is C50H59ClN8O10. The third-order valence-electron chi connectivity index (χ3n) is 10.6. The van der Waals surface area contributed by atoms with Gasteiger partial charge < -0.3 is 40.4 Å². The third kappa shape index (κ3) is 15.1. The molecule has 0 saturated heterocycles. The maximum atomic E-state index is 12.9. The molecule has 2 aromatic heterocycles. The van der Waals surface area contributed by atoms with Crippen molar-refractivity contribution in [2.75, 3.05) is 33.5 Å². The van der Waals surface area contributed by atoms with Gasteiger partial charge in [0.25, 0.3) is 0 Å². The Kier molecular flexibility index (Phi) is 21.7. The van der Waals surface area contributed by atoms with Crippen molar-refractivity contribution in [1.29, 1.82) is 0 Å². The normalized spacial score (nSPS) is 13.5. The SMILES string of the molecule is CCCCC(=O)N(Cc1ccc(-c2ccccc2-c2nn[nH]n2)cc1)[C@H](C(=O)O)C(C)C.CCOC(=O)C1=C(COCCN)NC(C)=C(C(=O)OC)C1c1ccccc1Cl.O=C(O)c1cccnc1. The number of ether oxygens (including phenoxy) is 3. The van der Waals surface area contributed by atoms with Crippen molar-refractivity contribution in [3.8, 4) is 22.5 Å². The van der Waals surface area contributed by atoms with Gasteiger partial charge in [-0.25, -0.2) is 19.2 Å². The number of aliphatic carboxylic acids is 1. The topological polar surface area (TPSA) is 262 Å². The van der Waals surface area contributed by atoms with E-state index in [2.05, 4.69) is 30.9 Å². The lowest BCUT2D eigenvalue weighted by Crippen LogP contribution is -2.47. The summed E-state index contributed by atoms with van der Waals surface area (Å²) in [5, 5.41) is 35.9. The number of tetrazole rings is 1. The number of carbonyl (C=O) groups is 5. The summed E-state index contributed by atoms with van der Waals surface area (Å²) in [4.78, 5) is 65.5. The number of amides is 1. The predicted molar refractivity (Wildman–Crippen MR) is 258 cm³/mol. The lowest BCUT2D eigenvalue weighted by atomic mass is 9.80. The van der Waals surface area contributed by atoms with E-state index in [0.29, 0.717) is 53.0 Å². The number of hydrogen-bond donors (Lipinski definition) is 5. The van der Waals surface area contributed by atoms with Crippen LogP contribution < -0.4 is 11.1 Å². The molecule has 3 heterocycles. The molecule has 69 heavy (non-hydrogen) atoms. The number of benzene rings is 3. The van der Waals surface area contributed by atoms with Crippen molar-refractivity contribution in [3.05, 3.63) is 142 Å². The molecule has 6 N–H and O–H groups in total. The number of unbranched alkanes of at least 4 members (excludes halogenated alkanes) is 1. The fourth-order valence-corrected chi connectivity index (χ4v) is 7.64. The van der Waals surface area contributed by atoms with Gasteiger partial charge in [-0.3, -0.25) is 9.78 Å². The van der Waals surface area contributed by atoms with Crippen molar-refractivity contribution >= 4 is 41.4 Å². The zero-order chi connectivity index (χ0) is 50.5. The number of methoxy groups -OCH3 is 1. The molecule has 1 amide bonds. The monoisotopic (exact) mass is 966 g/mol. The van der Waals surface area contributed by atoms with Gasteiger partial charge in [0.1, 0.15) is 6.04 Å². The minimum absolute atomic E-state index is 0.109. The van der Waals surface area contributed by atoms with Gasteiger partial charge in [0.2, 0.25) is 11.7 Å². The number of dihydropyridines is 1. The second kappa shape index (κ2) is 27.5. The van der Waals surface area contributed by atoms with Gasteiger partial charge in [0.05, 0.1) is 55.3 Å². The number of aromatic nitrogens is 5. The molecule has 0 aliphatic carbocycles. The molecule has 2 atom stereocenters. The highest BCUT2D eigenvalue weighted by Gasteiger charge is 2.40. The van der Waals surface area contributed by atoms with E-state index >= 15 is 0 Å². The number of carboxylic acid groups (broad SMARTS) is 2. The van der Waals surface area contributed by atoms with E-state index in [1.807, 2.05) is 69.3 Å². The molecule has 19 heteroatoms. The summed E-state index contributed by atoms with van der Waals surface area (Å²) < 4.78 is 15.8. The van der Waals surface area contributed by atoms with Crippen LogP contribution in [0.1, 0.15) is 81.3 Å². The fraction of sp³-hybridized carbons (Fsp3) is 0.340. The van der Waals surface area contributed by atoms with E-state index in [1.165, 1.54) is 30.5 Å². The molecule has 366 valence electrons. The van der Waals surface area contributed by atoms with Crippen LogP contribution in [-0.2, 0) is 39.9 Å².